The number of hydrogen-bond acceptors (Lipinski definition) is 4. The summed E-state index contributed by atoms with van der Waals surface area (Å²) in [4.78, 5) is 11.1. The van der Waals surface area contributed by atoms with Gasteiger partial charge in [0, 0.05) is 25.4 Å². The molecule has 97 valence electrons. The minimum atomic E-state index is 0.362. The van der Waals surface area contributed by atoms with Gasteiger partial charge in [-0.15, -0.1) is 0 Å². The molecule has 1 aliphatic heterocycles. The molecule has 2 aliphatic rings. The van der Waals surface area contributed by atoms with Crippen molar-refractivity contribution >= 4 is 5.95 Å². The molecule has 1 radical (unpaired) electrons. The molecule has 18 heavy (non-hydrogen) atoms. The normalized spacial score (nSPS) is 21.2. The summed E-state index contributed by atoms with van der Waals surface area (Å²) in [5.74, 6) is 1.54. The van der Waals surface area contributed by atoms with Crippen LogP contribution in [0.2, 0.25) is 0 Å². The Hall–Kier alpha value is -1.32. The largest absolute Gasteiger partial charge is 0.474 e. The number of piperidine rings is 1. The molecule has 4 nitrogen and oxygen atoms in total. The van der Waals surface area contributed by atoms with Crippen molar-refractivity contribution in [1.29, 1.82) is 0 Å². The van der Waals surface area contributed by atoms with Crippen LogP contribution in [-0.4, -0.2) is 29.2 Å². The molecule has 1 aromatic rings. The number of rotatable bonds is 3. The van der Waals surface area contributed by atoms with Crippen LogP contribution in [0.25, 0.3) is 0 Å². The summed E-state index contributed by atoms with van der Waals surface area (Å²) in [6, 6.07) is 1.87. The Morgan fingerprint density at radius 2 is 2.11 bits per heavy atom. The van der Waals surface area contributed by atoms with Crippen LogP contribution in [0.1, 0.15) is 38.5 Å². The Bertz CT molecular complexity index is 384. The molecule has 4 heteroatoms. The average molecular weight is 246 g/mol. The second-order valence-corrected chi connectivity index (χ2v) is 5.10. The quantitative estimate of drug-likeness (QED) is 0.821. The maximum absolute atomic E-state index is 5.92. The van der Waals surface area contributed by atoms with Gasteiger partial charge in [0.2, 0.25) is 11.8 Å². The van der Waals surface area contributed by atoms with Gasteiger partial charge in [-0.25, -0.2) is 4.98 Å². The van der Waals surface area contributed by atoms with E-state index in [0.29, 0.717) is 6.10 Å². The summed E-state index contributed by atoms with van der Waals surface area (Å²) in [5.41, 5.74) is 0. The molecule has 2 heterocycles. The lowest BCUT2D eigenvalue weighted by atomic mass is 10.1. The predicted octanol–water partition coefficient (Wildman–Crippen LogP) is 2.60. The van der Waals surface area contributed by atoms with Gasteiger partial charge in [0.05, 0.1) is 0 Å². The Morgan fingerprint density at radius 3 is 2.89 bits per heavy atom. The summed E-state index contributed by atoms with van der Waals surface area (Å²) < 4.78 is 5.92. The molecule has 0 unspecified atom stereocenters. The van der Waals surface area contributed by atoms with Crippen LogP contribution >= 0.6 is 0 Å². The van der Waals surface area contributed by atoms with Gasteiger partial charge in [-0.1, -0.05) is 0 Å². The fourth-order valence-electron chi connectivity index (χ4n) is 2.67. The van der Waals surface area contributed by atoms with E-state index in [4.69, 9.17) is 4.74 Å². The first kappa shape index (κ1) is 11.8. The third kappa shape index (κ3) is 2.74. The Morgan fingerprint density at radius 1 is 1.22 bits per heavy atom. The van der Waals surface area contributed by atoms with Crippen LogP contribution in [0.3, 0.4) is 0 Å². The maximum Gasteiger partial charge on any atom is 0.228 e. The fourth-order valence-corrected chi connectivity index (χ4v) is 2.67. The number of nitrogens with zero attached hydrogens (tertiary/aromatic N) is 3. The lowest BCUT2D eigenvalue weighted by Gasteiger charge is -2.26. The smallest absolute Gasteiger partial charge is 0.228 e. The van der Waals surface area contributed by atoms with E-state index >= 15 is 0 Å². The van der Waals surface area contributed by atoms with Crippen LogP contribution in [0, 0.1) is 6.42 Å². The Kier molecular flexibility index (Phi) is 3.62. The van der Waals surface area contributed by atoms with Crippen LogP contribution < -0.4 is 9.64 Å². The molecular formula is C14H20N3O. The number of aromatic nitrogens is 2. The van der Waals surface area contributed by atoms with E-state index in [1.165, 1.54) is 25.7 Å². The van der Waals surface area contributed by atoms with Crippen LogP contribution in [0.15, 0.2) is 12.3 Å². The molecule has 1 saturated heterocycles. The van der Waals surface area contributed by atoms with Crippen LogP contribution in [0.4, 0.5) is 5.95 Å². The molecule has 0 N–H and O–H groups in total. The molecule has 0 amide bonds. The molecule has 0 aromatic carbocycles. The zero-order valence-corrected chi connectivity index (χ0v) is 10.7. The van der Waals surface area contributed by atoms with Gasteiger partial charge >= 0.3 is 0 Å². The zero-order valence-electron chi connectivity index (χ0n) is 10.7. The van der Waals surface area contributed by atoms with Gasteiger partial charge in [0.15, 0.2) is 0 Å². The van der Waals surface area contributed by atoms with Gasteiger partial charge in [-0.3, -0.25) is 0 Å². The standard InChI is InChI=1S/C14H20N3O/c1-4-10-17(11-5-1)14-15-9-8-13(16-14)18-12-6-2-3-7-12/h4,8-9,12H,1-3,5-7,10-11H2. The van der Waals surface area contributed by atoms with E-state index in [1.54, 1.807) is 6.20 Å². The molecular weight excluding hydrogens is 226 g/mol. The highest BCUT2D eigenvalue weighted by Gasteiger charge is 2.18. The van der Waals surface area contributed by atoms with Gasteiger partial charge in [-0.2, -0.15) is 4.98 Å². The van der Waals surface area contributed by atoms with E-state index in [9.17, 15) is 0 Å². The maximum atomic E-state index is 5.92. The summed E-state index contributed by atoms with van der Waals surface area (Å²) in [7, 11) is 0. The van der Waals surface area contributed by atoms with Crippen molar-refractivity contribution in [3.05, 3.63) is 18.7 Å². The average Bonchev–Trinajstić information content (AvgIpc) is 2.93. The Labute approximate surface area is 108 Å². The second-order valence-electron chi connectivity index (χ2n) is 5.10. The molecule has 1 saturated carbocycles. The van der Waals surface area contributed by atoms with E-state index in [1.807, 2.05) is 6.07 Å². The first-order valence-electron chi connectivity index (χ1n) is 6.98. The van der Waals surface area contributed by atoms with Crippen LogP contribution in [0.5, 0.6) is 5.88 Å². The molecule has 1 aromatic heterocycles. The van der Waals surface area contributed by atoms with Gasteiger partial charge in [0.25, 0.3) is 0 Å². The van der Waals surface area contributed by atoms with Crippen molar-refractivity contribution in [3.8, 4) is 5.88 Å². The third-order valence-corrected chi connectivity index (χ3v) is 3.68. The highest BCUT2D eigenvalue weighted by Crippen LogP contribution is 2.24. The van der Waals surface area contributed by atoms with Gasteiger partial charge < -0.3 is 9.64 Å². The predicted molar refractivity (Wildman–Crippen MR) is 70.7 cm³/mol. The number of anilines is 1. The number of ether oxygens (including phenoxy) is 1. The highest BCUT2D eigenvalue weighted by molar-refractivity contribution is 5.33. The van der Waals surface area contributed by atoms with Gasteiger partial charge in [-0.05, 0) is 44.9 Å². The SMILES string of the molecule is [CH]1CCCN(c2nccc(OC3CCCC3)n2)C1. The van der Waals surface area contributed by atoms with E-state index in [-0.39, 0.29) is 0 Å². The highest BCUT2D eigenvalue weighted by atomic mass is 16.5. The lowest BCUT2D eigenvalue weighted by Crippen LogP contribution is -2.31. The third-order valence-electron chi connectivity index (χ3n) is 3.68. The van der Waals surface area contributed by atoms with Crippen molar-refractivity contribution in [3.63, 3.8) is 0 Å². The zero-order chi connectivity index (χ0) is 12.2. The van der Waals surface area contributed by atoms with E-state index < -0.39 is 0 Å². The summed E-state index contributed by atoms with van der Waals surface area (Å²) in [5, 5.41) is 0. The molecule has 3 rings (SSSR count). The van der Waals surface area contributed by atoms with Crippen molar-refractivity contribution in [2.45, 2.75) is 44.6 Å². The first-order chi connectivity index (χ1) is 8.92. The minimum Gasteiger partial charge on any atom is -0.474 e. The topological polar surface area (TPSA) is 38.2 Å². The second kappa shape index (κ2) is 5.55. The number of hydrogen-bond donors (Lipinski definition) is 0. The van der Waals surface area contributed by atoms with Crippen LogP contribution in [-0.2, 0) is 0 Å². The molecule has 0 spiro atoms. The van der Waals surface area contributed by atoms with Crippen molar-refractivity contribution in [1.82, 2.24) is 9.97 Å². The summed E-state index contributed by atoms with van der Waals surface area (Å²) in [6.45, 7) is 2.00. The van der Waals surface area contributed by atoms with Crippen molar-refractivity contribution in [2.75, 3.05) is 18.0 Å². The van der Waals surface area contributed by atoms with Gasteiger partial charge in [0.1, 0.15) is 6.10 Å². The molecule has 1 aliphatic carbocycles. The van der Waals surface area contributed by atoms with E-state index in [2.05, 4.69) is 21.3 Å². The van der Waals surface area contributed by atoms with E-state index in [0.717, 1.165) is 37.8 Å². The Balaban J connectivity index is 1.67. The fraction of sp³-hybridized carbons (Fsp3) is 0.643. The molecule has 0 atom stereocenters. The summed E-state index contributed by atoms with van der Waals surface area (Å²) in [6.07, 6.45) is 11.7. The first-order valence-corrected chi connectivity index (χ1v) is 6.98. The minimum absolute atomic E-state index is 0.362. The van der Waals surface area contributed by atoms with Crippen molar-refractivity contribution < 1.29 is 4.74 Å². The monoisotopic (exact) mass is 246 g/mol. The molecule has 2 fully saturated rings. The van der Waals surface area contributed by atoms with Crippen molar-refractivity contribution in [2.24, 2.45) is 0 Å². The molecule has 0 bridgehead atoms. The summed E-state index contributed by atoms with van der Waals surface area (Å²) >= 11 is 0. The lowest BCUT2D eigenvalue weighted by molar-refractivity contribution is 0.201.